The number of rotatable bonds is 9. The molecule has 0 heterocycles. The highest BCUT2D eigenvalue weighted by atomic mass is 16.5. The van der Waals surface area contributed by atoms with Crippen molar-refractivity contribution in [3.8, 4) is 17.2 Å². The van der Waals surface area contributed by atoms with E-state index in [0.29, 0.717) is 35.0 Å². The van der Waals surface area contributed by atoms with Crippen LogP contribution >= 0.6 is 0 Å². The maximum atomic E-state index is 12.6. The van der Waals surface area contributed by atoms with Crippen LogP contribution in [0.3, 0.4) is 0 Å². The van der Waals surface area contributed by atoms with Crippen LogP contribution in [0.2, 0.25) is 0 Å². The number of hydrogen-bond donors (Lipinski definition) is 1. The van der Waals surface area contributed by atoms with Gasteiger partial charge in [0.05, 0.1) is 27.4 Å². The average Bonchev–Trinajstić information content (AvgIpc) is 2.72. The van der Waals surface area contributed by atoms with Gasteiger partial charge >= 0.3 is 0 Å². The quantitative estimate of drug-likeness (QED) is 0.651. The summed E-state index contributed by atoms with van der Waals surface area (Å²) >= 11 is 0. The Hall–Kier alpha value is -3.06. The molecule has 7 heteroatoms. The number of benzene rings is 2. The first kappa shape index (κ1) is 22.2. The summed E-state index contributed by atoms with van der Waals surface area (Å²) in [7, 11) is 6.56. The van der Waals surface area contributed by atoms with Crippen molar-refractivity contribution in [2.75, 3.05) is 33.7 Å². The fraction of sp³-hybridized carbons (Fsp3) is 0.364. The van der Waals surface area contributed by atoms with Crippen LogP contribution in [0, 0.1) is 0 Å². The number of anilines is 1. The second-order valence-corrected chi connectivity index (χ2v) is 6.71. The predicted molar refractivity (Wildman–Crippen MR) is 112 cm³/mol. The van der Waals surface area contributed by atoms with Gasteiger partial charge in [0.2, 0.25) is 11.7 Å². The molecule has 29 heavy (non-hydrogen) atoms. The molecule has 0 aromatic heterocycles. The molecule has 1 atom stereocenters. The zero-order valence-corrected chi connectivity index (χ0v) is 17.7. The molecule has 2 aromatic carbocycles. The maximum Gasteiger partial charge on any atom is 0.241 e. The van der Waals surface area contributed by atoms with Crippen molar-refractivity contribution in [2.45, 2.75) is 26.4 Å². The van der Waals surface area contributed by atoms with Crippen LogP contribution < -0.4 is 19.5 Å². The van der Waals surface area contributed by atoms with Crippen LogP contribution in [0.25, 0.3) is 0 Å². The van der Waals surface area contributed by atoms with Crippen molar-refractivity contribution >= 4 is 17.4 Å². The molecule has 0 fully saturated rings. The van der Waals surface area contributed by atoms with E-state index in [-0.39, 0.29) is 11.7 Å². The highest BCUT2D eigenvalue weighted by Gasteiger charge is 2.22. The highest BCUT2D eigenvalue weighted by Crippen LogP contribution is 2.40. The molecular formula is C22H28N2O5. The van der Waals surface area contributed by atoms with Crippen molar-refractivity contribution in [1.82, 2.24) is 4.90 Å². The van der Waals surface area contributed by atoms with Gasteiger partial charge < -0.3 is 19.5 Å². The molecule has 0 unspecified atom stereocenters. The van der Waals surface area contributed by atoms with Crippen LogP contribution in [-0.4, -0.2) is 51.0 Å². The molecule has 2 rings (SSSR count). The number of methoxy groups -OCH3 is 3. The molecule has 0 aliphatic heterocycles. The van der Waals surface area contributed by atoms with Gasteiger partial charge in [-0.25, -0.2) is 0 Å². The van der Waals surface area contributed by atoms with Crippen LogP contribution in [0.15, 0.2) is 36.4 Å². The maximum absolute atomic E-state index is 12.6. The second-order valence-electron chi connectivity index (χ2n) is 6.71. The minimum Gasteiger partial charge on any atom is -0.493 e. The number of Topliss-reactive ketones (excluding diaryl/α,β-unsaturated/α-hetero) is 1. The number of likely N-dealkylation sites (N-methyl/N-ethyl adjacent to an activating group) is 1. The van der Waals surface area contributed by atoms with Gasteiger partial charge in [0.25, 0.3) is 0 Å². The molecule has 7 nitrogen and oxygen atoms in total. The number of nitrogens with one attached hydrogen (secondary N) is 1. The first-order valence-corrected chi connectivity index (χ1v) is 9.22. The summed E-state index contributed by atoms with van der Waals surface area (Å²) in [6.07, 6.45) is 0. The lowest BCUT2D eigenvalue weighted by atomic mass is 10.1. The lowest BCUT2D eigenvalue weighted by Crippen LogP contribution is -2.39. The number of carbonyl (C=O) groups is 2. The molecule has 0 aliphatic carbocycles. The Kier molecular flexibility index (Phi) is 7.61. The van der Waals surface area contributed by atoms with E-state index in [4.69, 9.17) is 14.2 Å². The number of hydrogen-bond acceptors (Lipinski definition) is 6. The summed E-state index contributed by atoms with van der Waals surface area (Å²) in [5.74, 6) is 1.51. The van der Waals surface area contributed by atoms with Crippen LogP contribution in [-0.2, 0) is 11.3 Å². The Morgan fingerprint density at radius 3 is 2.10 bits per heavy atom. The van der Waals surface area contributed by atoms with E-state index in [1.54, 1.807) is 45.6 Å². The highest BCUT2D eigenvalue weighted by molar-refractivity contribution is 5.96. The van der Waals surface area contributed by atoms with E-state index in [1.807, 2.05) is 31.0 Å². The van der Waals surface area contributed by atoms with Gasteiger partial charge in [-0.1, -0.05) is 6.07 Å². The summed E-state index contributed by atoms with van der Waals surface area (Å²) in [5, 5.41) is 2.88. The molecule has 0 aliphatic rings. The number of nitrogens with zero attached hydrogens (tertiary/aromatic N) is 1. The number of ketones is 1. The molecule has 0 saturated heterocycles. The third kappa shape index (κ3) is 5.26. The minimum atomic E-state index is -0.403. The Bertz CT molecular complexity index is 864. The lowest BCUT2D eigenvalue weighted by Gasteiger charge is -2.25. The Balaban J connectivity index is 2.10. The summed E-state index contributed by atoms with van der Waals surface area (Å²) in [4.78, 5) is 25.9. The molecule has 2 aromatic rings. The zero-order valence-electron chi connectivity index (χ0n) is 17.7. The van der Waals surface area contributed by atoms with E-state index < -0.39 is 6.04 Å². The lowest BCUT2D eigenvalue weighted by molar-refractivity contribution is -0.120. The largest absolute Gasteiger partial charge is 0.493 e. The SMILES string of the molecule is COc1ccc(CN(C)[C@@H](C)C(=O)Nc2ccc(C(C)=O)cc2)c(OC)c1OC. The third-order valence-electron chi connectivity index (χ3n) is 4.81. The minimum absolute atomic E-state index is 0.0140. The van der Waals surface area contributed by atoms with Crippen molar-refractivity contribution < 1.29 is 23.8 Å². The van der Waals surface area contributed by atoms with Gasteiger partial charge in [-0.2, -0.15) is 0 Å². The molecule has 0 bridgehead atoms. The molecule has 1 N–H and O–H groups in total. The monoisotopic (exact) mass is 400 g/mol. The van der Waals surface area contributed by atoms with Crippen molar-refractivity contribution in [2.24, 2.45) is 0 Å². The molecule has 156 valence electrons. The average molecular weight is 400 g/mol. The molecule has 0 saturated carbocycles. The van der Waals surface area contributed by atoms with E-state index in [0.717, 1.165) is 5.56 Å². The number of amides is 1. The summed E-state index contributed by atoms with van der Waals surface area (Å²) < 4.78 is 16.2. The molecule has 0 spiro atoms. The van der Waals surface area contributed by atoms with Crippen LogP contribution in [0.1, 0.15) is 29.8 Å². The Morgan fingerprint density at radius 2 is 1.59 bits per heavy atom. The first-order valence-electron chi connectivity index (χ1n) is 9.22. The molecule has 0 radical (unpaired) electrons. The van der Waals surface area contributed by atoms with Crippen LogP contribution in [0.4, 0.5) is 5.69 Å². The van der Waals surface area contributed by atoms with Crippen LogP contribution in [0.5, 0.6) is 17.2 Å². The predicted octanol–water partition coefficient (Wildman–Crippen LogP) is 3.37. The third-order valence-corrected chi connectivity index (χ3v) is 4.81. The first-order chi connectivity index (χ1) is 13.8. The van der Waals surface area contributed by atoms with Gasteiger partial charge in [-0.05, 0) is 51.2 Å². The van der Waals surface area contributed by atoms with Gasteiger partial charge in [0.15, 0.2) is 17.3 Å². The van der Waals surface area contributed by atoms with E-state index in [2.05, 4.69) is 5.32 Å². The van der Waals surface area contributed by atoms with Gasteiger partial charge in [0, 0.05) is 23.4 Å². The van der Waals surface area contributed by atoms with Gasteiger partial charge in [0.1, 0.15) is 0 Å². The van der Waals surface area contributed by atoms with E-state index in [1.165, 1.54) is 6.92 Å². The normalized spacial score (nSPS) is 11.7. The smallest absolute Gasteiger partial charge is 0.241 e. The van der Waals surface area contributed by atoms with Crippen molar-refractivity contribution in [3.63, 3.8) is 0 Å². The standard InChI is InChI=1S/C22H28N2O5/c1-14(22(26)23-18-10-7-16(8-11-18)15(2)25)24(3)13-17-9-12-19(27-4)21(29-6)20(17)28-5/h7-12,14H,13H2,1-6H3,(H,23,26)/t14-/m0/s1. The summed E-state index contributed by atoms with van der Waals surface area (Å²) in [6.45, 7) is 3.81. The van der Waals surface area contributed by atoms with E-state index in [9.17, 15) is 9.59 Å². The van der Waals surface area contributed by atoms with Gasteiger partial charge in [-0.15, -0.1) is 0 Å². The van der Waals surface area contributed by atoms with Crippen molar-refractivity contribution in [1.29, 1.82) is 0 Å². The topological polar surface area (TPSA) is 77.1 Å². The molecule has 1 amide bonds. The summed E-state index contributed by atoms with van der Waals surface area (Å²) in [5.41, 5.74) is 2.12. The van der Waals surface area contributed by atoms with Gasteiger partial charge in [-0.3, -0.25) is 14.5 Å². The Morgan fingerprint density at radius 1 is 0.966 bits per heavy atom. The molecular weight excluding hydrogens is 372 g/mol. The van der Waals surface area contributed by atoms with Crippen molar-refractivity contribution in [3.05, 3.63) is 47.5 Å². The number of ether oxygens (including phenoxy) is 3. The Labute approximate surface area is 171 Å². The fourth-order valence-corrected chi connectivity index (χ4v) is 2.93. The fourth-order valence-electron chi connectivity index (χ4n) is 2.93. The van der Waals surface area contributed by atoms with E-state index >= 15 is 0 Å². The summed E-state index contributed by atoms with van der Waals surface area (Å²) in [6, 6.07) is 10.1. The second kappa shape index (κ2) is 9.93. The number of carbonyl (C=O) groups excluding carboxylic acids is 2. The zero-order chi connectivity index (χ0) is 21.6.